The van der Waals surface area contributed by atoms with Gasteiger partial charge < -0.3 is 19.1 Å². The van der Waals surface area contributed by atoms with Crippen molar-refractivity contribution in [3.05, 3.63) is 58.0 Å². The molecular weight excluding hydrogens is 523 g/mol. The van der Waals surface area contributed by atoms with Gasteiger partial charge in [-0.15, -0.1) is 0 Å². The molecule has 8 nitrogen and oxygen atoms in total. The standard InChI is InChI=1S/C26H22F3N3O5S/c1-35-21-12-15(3-6-20(21)37-19-5-4-16(14-30)11-18(19)26(27,28)29)13-22-23(33)31-25(38-22)32-9-7-17(8-10-32)24(34)36-2/h3-6,11-13,17H,7-10H2,1-2H3/b22-13-. The van der Waals surface area contributed by atoms with Crippen LogP contribution in [0, 0.1) is 17.2 Å². The molecule has 0 aliphatic carbocycles. The molecule has 2 aromatic rings. The number of amides is 1. The number of esters is 1. The fourth-order valence-corrected chi connectivity index (χ4v) is 5.01. The van der Waals surface area contributed by atoms with E-state index in [1.54, 1.807) is 18.2 Å². The van der Waals surface area contributed by atoms with Gasteiger partial charge in [0.1, 0.15) is 5.75 Å². The van der Waals surface area contributed by atoms with Gasteiger partial charge >= 0.3 is 12.1 Å². The number of hydrogen-bond acceptors (Lipinski definition) is 8. The summed E-state index contributed by atoms with van der Waals surface area (Å²) in [4.78, 5) is 30.7. The van der Waals surface area contributed by atoms with Crippen molar-refractivity contribution in [3.8, 4) is 23.3 Å². The van der Waals surface area contributed by atoms with Crippen molar-refractivity contribution in [1.82, 2.24) is 4.90 Å². The second kappa shape index (κ2) is 11.2. The second-order valence-corrected chi connectivity index (χ2v) is 9.44. The quantitative estimate of drug-likeness (QED) is 0.372. The summed E-state index contributed by atoms with van der Waals surface area (Å²) in [5, 5.41) is 9.50. The average Bonchev–Trinajstić information content (AvgIpc) is 3.28. The fraction of sp³-hybridized carbons (Fsp3) is 0.308. The number of benzene rings is 2. The van der Waals surface area contributed by atoms with E-state index in [1.165, 1.54) is 44.2 Å². The number of methoxy groups -OCH3 is 2. The van der Waals surface area contributed by atoms with Crippen LogP contribution in [0.5, 0.6) is 17.2 Å². The number of hydrogen-bond donors (Lipinski definition) is 0. The van der Waals surface area contributed by atoms with Crippen LogP contribution in [0.15, 0.2) is 46.3 Å². The first-order chi connectivity index (χ1) is 18.1. The molecule has 2 aliphatic heterocycles. The zero-order valence-corrected chi connectivity index (χ0v) is 21.2. The van der Waals surface area contributed by atoms with Gasteiger partial charge in [0.25, 0.3) is 5.91 Å². The molecule has 0 saturated carbocycles. The lowest BCUT2D eigenvalue weighted by Gasteiger charge is -2.31. The Morgan fingerprint density at radius 1 is 1.13 bits per heavy atom. The first-order valence-electron chi connectivity index (χ1n) is 11.5. The first kappa shape index (κ1) is 27.1. The lowest BCUT2D eigenvalue weighted by Crippen LogP contribution is -2.38. The maximum Gasteiger partial charge on any atom is 0.420 e. The normalized spacial score (nSPS) is 17.3. The van der Waals surface area contributed by atoms with Gasteiger partial charge in [-0.25, -0.2) is 0 Å². The maximum absolute atomic E-state index is 13.5. The number of carbonyl (C=O) groups is 2. The van der Waals surface area contributed by atoms with E-state index in [-0.39, 0.29) is 28.9 Å². The third kappa shape index (κ3) is 5.94. The number of amidine groups is 1. The Kier molecular flexibility index (Phi) is 7.97. The number of thioether (sulfide) groups is 1. The van der Waals surface area contributed by atoms with Crippen LogP contribution < -0.4 is 9.47 Å². The number of alkyl halides is 3. The maximum atomic E-state index is 13.5. The number of piperidine rings is 1. The van der Waals surface area contributed by atoms with Crippen molar-refractivity contribution in [1.29, 1.82) is 5.26 Å². The zero-order valence-electron chi connectivity index (χ0n) is 20.4. The third-order valence-corrected chi connectivity index (χ3v) is 7.07. The van der Waals surface area contributed by atoms with Crippen molar-refractivity contribution >= 4 is 34.9 Å². The fourth-order valence-electron chi connectivity index (χ4n) is 4.04. The number of aliphatic imine (C=N–C) groups is 1. The van der Waals surface area contributed by atoms with Crippen molar-refractivity contribution in [2.45, 2.75) is 19.0 Å². The van der Waals surface area contributed by atoms with E-state index in [9.17, 15) is 22.8 Å². The highest BCUT2D eigenvalue weighted by Gasteiger charge is 2.35. The van der Waals surface area contributed by atoms with Crippen LogP contribution in [0.2, 0.25) is 0 Å². The Bertz CT molecular complexity index is 1360. The number of nitriles is 1. The van der Waals surface area contributed by atoms with Gasteiger partial charge in [0.05, 0.1) is 42.2 Å². The number of rotatable bonds is 5. The Hall–Kier alpha value is -3.98. The minimum atomic E-state index is -4.73. The molecule has 2 aliphatic rings. The number of nitrogens with zero attached hydrogens (tertiary/aromatic N) is 3. The number of halogens is 3. The highest BCUT2D eigenvalue weighted by molar-refractivity contribution is 8.18. The van der Waals surface area contributed by atoms with E-state index < -0.39 is 23.4 Å². The largest absolute Gasteiger partial charge is 0.493 e. The molecule has 1 saturated heterocycles. The summed E-state index contributed by atoms with van der Waals surface area (Å²) in [7, 11) is 2.71. The molecule has 2 aromatic carbocycles. The summed E-state index contributed by atoms with van der Waals surface area (Å²) in [5.74, 6) is -1.11. The summed E-state index contributed by atoms with van der Waals surface area (Å²) >= 11 is 1.21. The molecule has 198 valence electrons. The molecule has 0 atom stereocenters. The van der Waals surface area contributed by atoms with Gasteiger partial charge in [-0.1, -0.05) is 6.07 Å². The molecular formula is C26H22F3N3O5S. The highest BCUT2D eigenvalue weighted by Crippen LogP contribution is 2.41. The summed E-state index contributed by atoms with van der Waals surface area (Å²) < 4.78 is 56.2. The highest BCUT2D eigenvalue weighted by atomic mass is 32.2. The van der Waals surface area contributed by atoms with Gasteiger partial charge in [0.15, 0.2) is 16.7 Å². The minimum Gasteiger partial charge on any atom is -0.493 e. The Labute approximate surface area is 220 Å². The monoisotopic (exact) mass is 545 g/mol. The zero-order chi connectivity index (χ0) is 27.4. The van der Waals surface area contributed by atoms with Crippen molar-refractivity contribution < 1.29 is 37.0 Å². The molecule has 0 N–H and O–H groups in total. The molecule has 0 spiro atoms. The summed E-state index contributed by atoms with van der Waals surface area (Å²) in [6.45, 7) is 1.14. The summed E-state index contributed by atoms with van der Waals surface area (Å²) in [6.07, 6.45) is -1.91. The van der Waals surface area contributed by atoms with Gasteiger partial charge in [0.2, 0.25) is 0 Å². The molecule has 38 heavy (non-hydrogen) atoms. The smallest absolute Gasteiger partial charge is 0.420 e. The molecule has 4 rings (SSSR count). The van der Waals surface area contributed by atoms with Gasteiger partial charge in [0, 0.05) is 13.1 Å². The van der Waals surface area contributed by atoms with Gasteiger partial charge in [-0.2, -0.15) is 23.4 Å². The third-order valence-electron chi connectivity index (χ3n) is 6.03. The number of ether oxygens (including phenoxy) is 3. The Morgan fingerprint density at radius 3 is 2.47 bits per heavy atom. The minimum absolute atomic E-state index is 0.0284. The topological polar surface area (TPSA) is 101 Å². The summed E-state index contributed by atoms with van der Waals surface area (Å²) in [6, 6.07) is 9.27. The Morgan fingerprint density at radius 2 is 1.84 bits per heavy atom. The second-order valence-electron chi connectivity index (χ2n) is 8.43. The molecule has 0 aromatic heterocycles. The van der Waals surface area contributed by atoms with Crippen LogP contribution in [0.3, 0.4) is 0 Å². The predicted molar refractivity (Wildman–Crippen MR) is 134 cm³/mol. The molecule has 0 unspecified atom stereocenters. The molecule has 1 fully saturated rings. The van der Waals surface area contributed by atoms with E-state index in [1.807, 2.05) is 4.90 Å². The number of likely N-dealkylation sites (tertiary alicyclic amines) is 1. The number of carbonyl (C=O) groups excluding carboxylic acids is 2. The van der Waals surface area contributed by atoms with Crippen LogP contribution in [0.1, 0.15) is 29.5 Å². The van der Waals surface area contributed by atoms with Crippen molar-refractivity contribution in [2.75, 3.05) is 27.3 Å². The van der Waals surface area contributed by atoms with E-state index in [2.05, 4.69) is 4.99 Å². The lowest BCUT2D eigenvalue weighted by atomic mass is 9.97. The van der Waals surface area contributed by atoms with Gasteiger partial charge in [-0.3, -0.25) is 9.59 Å². The van der Waals surface area contributed by atoms with Crippen LogP contribution in [-0.4, -0.2) is 49.3 Å². The predicted octanol–water partition coefficient (Wildman–Crippen LogP) is 5.23. The van der Waals surface area contributed by atoms with Crippen LogP contribution in [0.4, 0.5) is 13.2 Å². The summed E-state index contributed by atoms with van der Waals surface area (Å²) in [5.41, 5.74) is -0.674. The average molecular weight is 546 g/mol. The lowest BCUT2D eigenvalue weighted by molar-refractivity contribution is -0.146. The molecule has 1 amide bonds. The molecule has 12 heteroatoms. The van der Waals surface area contributed by atoms with Crippen LogP contribution in [-0.2, 0) is 20.5 Å². The van der Waals surface area contributed by atoms with E-state index in [0.717, 1.165) is 12.1 Å². The van der Waals surface area contributed by atoms with Crippen LogP contribution in [0.25, 0.3) is 6.08 Å². The van der Waals surface area contributed by atoms with Crippen LogP contribution >= 0.6 is 11.8 Å². The van der Waals surface area contributed by atoms with E-state index >= 15 is 0 Å². The molecule has 2 heterocycles. The Balaban J connectivity index is 1.49. The first-order valence-corrected chi connectivity index (χ1v) is 12.3. The molecule has 0 radical (unpaired) electrons. The molecule has 0 bridgehead atoms. The van der Waals surface area contributed by atoms with Crippen molar-refractivity contribution in [3.63, 3.8) is 0 Å². The van der Waals surface area contributed by atoms with E-state index in [0.29, 0.717) is 41.6 Å². The van der Waals surface area contributed by atoms with E-state index in [4.69, 9.17) is 19.5 Å². The van der Waals surface area contributed by atoms with Crippen molar-refractivity contribution in [2.24, 2.45) is 10.9 Å². The SMILES string of the molecule is COC(=O)C1CCN(C2=NC(=O)/C(=C/c3ccc(Oc4ccc(C#N)cc4C(F)(F)F)c(OC)c3)S2)CC1. The van der Waals surface area contributed by atoms with Gasteiger partial charge in [-0.05, 0) is 66.6 Å².